The molecule has 0 unspecified atom stereocenters. The lowest BCUT2D eigenvalue weighted by Crippen LogP contribution is -2.33. The highest BCUT2D eigenvalue weighted by Crippen LogP contribution is 2.18. The van der Waals surface area contributed by atoms with Gasteiger partial charge < -0.3 is 9.80 Å². The van der Waals surface area contributed by atoms with Crippen LogP contribution in [0.4, 0.5) is 9.52 Å². The van der Waals surface area contributed by atoms with E-state index in [-0.39, 0.29) is 17.2 Å². The monoisotopic (exact) mass is 350 g/mol. The number of hydrogen-bond acceptors (Lipinski definition) is 5. The molecule has 0 atom stereocenters. The van der Waals surface area contributed by atoms with Crippen molar-refractivity contribution < 1.29 is 14.0 Å². The molecular weight excluding hydrogens is 331 g/mol. The van der Waals surface area contributed by atoms with Gasteiger partial charge in [0.05, 0.1) is 0 Å². The number of carbonyl (C=O) groups is 2. The Hall–Kier alpha value is -2.32. The van der Waals surface area contributed by atoms with E-state index in [0.717, 1.165) is 23.9 Å². The third kappa shape index (κ3) is 4.84. The van der Waals surface area contributed by atoms with Crippen LogP contribution in [0.1, 0.15) is 20.8 Å². The molecule has 2 rings (SSSR count). The number of aromatic nitrogens is 1. The van der Waals surface area contributed by atoms with Gasteiger partial charge in [-0.05, 0) is 32.3 Å². The van der Waals surface area contributed by atoms with Crippen LogP contribution < -0.4 is 5.32 Å². The maximum Gasteiger partial charge on any atom is 0.273 e. The Kier molecular flexibility index (Phi) is 5.99. The molecule has 0 saturated heterocycles. The standard InChI is InChI=1S/C16H19FN4O2S/c1-20(2)7-8-21(3)15(23)13-10-24-16(18-13)19-14(22)11-5-4-6-12(17)9-11/h4-6,9-10H,7-8H2,1-3H3,(H,18,19,22). The Bertz CT molecular complexity index is 732. The Labute approximate surface area is 143 Å². The van der Waals surface area contributed by atoms with Crippen molar-refractivity contribution in [3.05, 3.63) is 46.7 Å². The average molecular weight is 350 g/mol. The second-order valence-electron chi connectivity index (χ2n) is 5.53. The number of carbonyl (C=O) groups excluding carboxylic acids is 2. The van der Waals surface area contributed by atoms with E-state index in [2.05, 4.69) is 10.3 Å². The number of halogens is 1. The molecular formula is C16H19FN4O2S. The smallest absolute Gasteiger partial charge is 0.273 e. The Morgan fingerprint density at radius 1 is 1.25 bits per heavy atom. The van der Waals surface area contributed by atoms with Gasteiger partial charge in [0.15, 0.2) is 5.13 Å². The van der Waals surface area contributed by atoms with Crippen molar-refractivity contribution in [3.8, 4) is 0 Å². The zero-order valence-electron chi connectivity index (χ0n) is 13.7. The number of thiazole rings is 1. The summed E-state index contributed by atoms with van der Waals surface area (Å²) in [6.45, 7) is 1.32. The molecule has 24 heavy (non-hydrogen) atoms. The van der Waals surface area contributed by atoms with Crippen LogP contribution in [0.3, 0.4) is 0 Å². The van der Waals surface area contributed by atoms with Crippen molar-refractivity contribution in [1.82, 2.24) is 14.8 Å². The van der Waals surface area contributed by atoms with E-state index >= 15 is 0 Å². The predicted molar refractivity (Wildman–Crippen MR) is 92.0 cm³/mol. The minimum atomic E-state index is -0.486. The number of anilines is 1. The number of hydrogen-bond donors (Lipinski definition) is 1. The van der Waals surface area contributed by atoms with Crippen LogP contribution in [0.25, 0.3) is 0 Å². The fourth-order valence-corrected chi connectivity index (χ4v) is 2.55. The molecule has 1 N–H and O–H groups in total. The quantitative estimate of drug-likeness (QED) is 0.867. The summed E-state index contributed by atoms with van der Waals surface area (Å²) in [4.78, 5) is 32.0. The number of likely N-dealkylation sites (N-methyl/N-ethyl adjacent to an activating group) is 2. The lowest BCUT2D eigenvalue weighted by atomic mass is 10.2. The first-order valence-corrected chi connectivity index (χ1v) is 8.17. The molecule has 0 fully saturated rings. The van der Waals surface area contributed by atoms with Crippen LogP contribution in [0.5, 0.6) is 0 Å². The molecule has 1 heterocycles. The number of amides is 2. The summed E-state index contributed by atoms with van der Waals surface area (Å²) in [5.41, 5.74) is 0.469. The summed E-state index contributed by atoms with van der Waals surface area (Å²) < 4.78 is 13.1. The summed E-state index contributed by atoms with van der Waals surface area (Å²) in [5, 5.41) is 4.47. The van der Waals surface area contributed by atoms with Gasteiger partial charge in [0, 0.05) is 31.1 Å². The summed E-state index contributed by atoms with van der Waals surface area (Å²) in [6.07, 6.45) is 0. The van der Waals surface area contributed by atoms with Crippen LogP contribution in [0.15, 0.2) is 29.6 Å². The number of nitrogens with zero attached hydrogens (tertiary/aromatic N) is 3. The van der Waals surface area contributed by atoms with E-state index in [1.807, 2.05) is 19.0 Å². The van der Waals surface area contributed by atoms with E-state index in [9.17, 15) is 14.0 Å². The van der Waals surface area contributed by atoms with Crippen molar-refractivity contribution in [2.24, 2.45) is 0 Å². The van der Waals surface area contributed by atoms with E-state index in [0.29, 0.717) is 11.7 Å². The second-order valence-corrected chi connectivity index (χ2v) is 6.39. The first-order valence-electron chi connectivity index (χ1n) is 7.29. The number of rotatable bonds is 6. The van der Waals surface area contributed by atoms with Gasteiger partial charge >= 0.3 is 0 Å². The highest BCUT2D eigenvalue weighted by atomic mass is 32.1. The van der Waals surface area contributed by atoms with Crippen molar-refractivity contribution in [2.45, 2.75) is 0 Å². The van der Waals surface area contributed by atoms with Crippen LogP contribution in [0.2, 0.25) is 0 Å². The Morgan fingerprint density at radius 2 is 2.00 bits per heavy atom. The van der Waals surface area contributed by atoms with Gasteiger partial charge in [0.25, 0.3) is 11.8 Å². The molecule has 8 heteroatoms. The molecule has 1 aromatic heterocycles. The molecule has 2 amide bonds. The Morgan fingerprint density at radius 3 is 2.67 bits per heavy atom. The molecule has 2 aromatic rings. The molecule has 0 radical (unpaired) electrons. The topological polar surface area (TPSA) is 65.5 Å². The summed E-state index contributed by atoms with van der Waals surface area (Å²) >= 11 is 1.15. The van der Waals surface area contributed by atoms with Crippen LogP contribution >= 0.6 is 11.3 Å². The van der Waals surface area contributed by atoms with Crippen molar-refractivity contribution >= 4 is 28.3 Å². The molecule has 0 saturated carbocycles. The predicted octanol–water partition coefficient (Wildman–Crippen LogP) is 2.17. The average Bonchev–Trinajstić information content (AvgIpc) is 3.00. The summed E-state index contributed by atoms with van der Waals surface area (Å²) in [5.74, 6) is -1.16. The summed E-state index contributed by atoms with van der Waals surface area (Å²) in [7, 11) is 5.57. The molecule has 0 spiro atoms. The molecule has 128 valence electrons. The SMILES string of the molecule is CN(C)CCN(C)C(=O)c1csc(NC(=O)c2cccc(F)c2)n1. The van der Waals surface area contributed by atoms with E-state index in [4.69, 9.17) is 0 Å². The van der Waals surface area contributed by atoms with Gasteiger partial charge in [-0.25, -0.2) is 9.37 Å². The van der Waals surface area contributed by atoms with Gasteiger partial charge in [-0.3, -0.25) is 14.9 Å². The van der Waals surface area contributed by atoms with Crippen molar-refractivity contribution in [2.75, 3.05) is 39.5 Å². The third-order valence-electron chi connectivity index (χ3n) is 3.26. The van der Waals surface area contributed by atoms with Gasteiger partial charge in [-0.2, -0.15) is 0 Å². The lowest BCUT2D eigenvalue weighted by Gasteiger charge is -2.18. The molecule has 0 aliphatic rings. The Balaban J connectivity index is 2.00. The number of nitrogens with one attached hydrogen (secondary N) is 1. The fourth-order valence-electron chi connectivity index (χ4n) is 1.88. The van der Waals surface area contributed by atoms with Crippen molar-refractivity contribution in [1.29, 1.82) is 0 Å². The third-order valence-corrected chi connectivity index (χ3v) is 4.02. The molecule has 0 aliphatic carbocycles. The molecule has 1 aromatic carbocycles. The lowest BCUT2D eigenvalue weighted by molar-refractivity contribution is 0.0781. The fraction of sp³-hybridized carbons (Fsp3) is 0.312. The minimum Gasteiger partial charge on any atom is -0.339 e. The zero-order chi connectivity index (χ0) is 17.7. The highest BCUT2D eigenvalue weighted by molar-refractivity contribution is 7.14. The normalized spacial score (nSPS) is 10.7. The van der Waals surface area contributed by atoms with Crippen molar-refractivity contribution in [3.63, 3.8) is 0 Å². The first-order chi connectivity index (χ1) is 11.4. The van der Waals surface area contributed by atoms with Crippen LogP contribution in [0, 0.1) is 5.82 Å². The first kappa shape index (κ1) is 18.0. The van der Waals surface area contributed by atoms with E-state index in [1.165, 1.54) is 18.2 Å². The van der Waals surface area contributed by atoms with Crippen LogP contribution in [-0.2, 0) is 0 Å². The number of benzene rings is 1. The maximum atomic E-state index is 13.1. The second kappa shape index (κ2) is 7.98. The van der Waals surface area contributed by atoms with E-state index < -0.39 is 11.7 Å². The minimum absolute atomic E-state index is 0.196. The summed E-state index contributed by atoms with van der Waals surface area (Å²) in [6, 6.07) is 5.37. The molecule has 0 aliphatic heterocycles. The molecule has 0 bridgehead atoms. The van der Waals surface area contributed by atoms with Gasteiger partial charge in [0.1, 0.15) is 11.5 Å². The maximum absolute atomic E-state index is 13.1. The van der Waals surface area contributed by atoms with Crippen LogP contribution in [-0.4, -0.2) is 60.8 Å². The zero-order valence-corrected chi connectivity index (χ0v) is 14.6. The van der Waals surface area contributed by atoms with Gasteiger partial charge in [0.2, 0.25) is 0 Å². The molecule has 6 nitrogen and oxygen atoms in total. The van der Waals surface area contributed by atoms with E-state index in [1.54, 1.807) is 17.3 Å². The largest absolute Gasteiger partial charge is 0.339 e. The highest BCUT2D eigenvalue weighted by Gasteiger charge is 2.17. The van der Waals surface area contributed by atoms with Gasteiger partial charge in [-0.15, -0.1) is 11.3 Å². The van der Waals surface area contributed by atoms with Gasteiger partial charge in [-0.1, -0.05) is 6.07 Å².